The van der Waals surface area contributed by atoms with Gasteiger partial charge in [-0.1, -0.05) is 18.2 Å². The van der Waals surface area contributed by atoms with Gasteiger partial charge in [0, 0.05) is 37.8 Å². The van der Waals surface area contributed by atoms with E-state index in [0.717, 1.165) is 30.0 Å². The van der Waals surface area contributed by atoms with Crippen LogP contribution >= 0.6 is 0 Å². The maximum absolute atomic E-state index is 12.9. The highest BCUT2D eigenvalue weighted by molar-refractivity contribution is 5.76. The second-order valence-corrected chi connectivity index (χ2v) is 5.99. The van der Waals surface area contributed by atoms with Crippen LogP contribution in [0.4, 0.5) is 10.2 Å². The van der Waals surface area contributed by atoms with Crippen LogP contribution in [0.2, 0.25) is 0 Å². The predicted molar refractivity (Wildman–Crippen MR) is 93.8 cm³/mol. The fraction of sp³-hybridized carbons (Fsp3) is 0.368. The first kappa shape index (κ1) is 17.4. The number of nitrogens with zero attached hydrogens (tertiary/aromatic N) is 2. The molecule has 1 amide bonds. The average Bonchev–Trinajstić information content (AvgIpc) is 2.67. The third-order valence-corrected chi connectivity index (χ3v) is 4.21. The van der Waals surface area contributed by atoms with Crippen LogP contribution in [0.15, 0.2) is 42.6 Å². The first-order chi connectivity index (χ1) is 12.2. The van der Waals surface area contributed by atoms with Gasteiger partial charge in [-0.25, -0.2) is 9.37 Å². The Labute approximate surface area is 146 Å². The molecule has 1 aliphatic rings. The van der Waals surface area contributed by atoms with E-state index in [4.69, 9.17) is 4.74 Å². The smallest absolute Gasteiger partial charge is 0.220 e. The van der Waals surface area contributed by atoms with Crippen molar-refractivity contribution in [2.75, 3.05) is 31.2 Å². The summed E-state index contributed by atoms with van der Waals surface area (Å²) in [7, 11) is 0. The SMILES string of the molecule is O=C(CCc1ccc(F)cc1)NCc1cccnc1N1CCOCC1. The summed E-state index contributed by atoms with van der Waals surface area (Å²) in [5, 5.41) is 2.95. The highest BCUT2D eigenvalue weighted by Gasteiger charge is 2.16. The molecule has 1 N–H and O–H groups in total. The van der Waals surface area contributed by atoms with Gasteiger partial charge in [-0.05, 0) is 30.2 Å². The normalized spacial score (nSPS) is 14.4. The number of hydrogen-bond acceptors (Lipinski definition) is 4. The van der Waals surface area contributed by atoms with Gasteiger partial charge in [-0.2, -0.15) is 0 Å². The van der Waals surface area contributed by atoms with Gasteiger partial charge in [-0.3, -0.25) is 4.79 Å². The molecule has 1 aromatic carbocycles. The predicted octanol–water partition coefficient (Wildman–Crippen LogP) is 2.31. The van der Waals surface area contributed by atoms with Crippen molar-refractivity contribution in [2.24, 2.45) is 0 Å². The van der Waals surface area contributed by atoms with Crippen LogP contribution in [-0.4, -0.2) is 37.2 Å². The Morgan fingerprint density at radius 1 is 1.20 bits per heavy atom. The summed E-state index contributed by atoms with van der Waals surface area (Å²) in [4.78, 5) is 18.8. The number of nitrogens with one attached hydrogen (secondary N) is 1. The molecule has 0 unspecified atom stereocenters. The maximum atomic E-state index is 12.9. The van der Waals surface area contributed by atoms with E-state index in [-0.39, 0.29) is 11.7 Å². The molecule has 1 aromatic heterocycles. The van der Waals surface area contributed by atoms with Crippen LogP contribution in [-0.2, 0) is 22.5 Å². The van der Waals surface area contributed by atoms with Crippen molar-refractivity contribution in [2.45, 2.75) is 19.4 Å². The summed E-state index contributed by atoms with van der Waals surface area (Å²) in [6, 6.07) is 10.1. The number of amides is 1. The summed E-state index contributed by atoms with van der Waals surface area (Å²) in [5.74, 6) is 0.617. The minimum absolute atomic E-state index is 0.0268. The molecule has 1 fully saturated rings. The highest BCUT2D eigenvalue weighted by Crippen LogP contribution is 2.18. The number of hydrogen-bond donors (Lipinski definition) is 1. The van der Waals surface area contributed by atoms with Crippen molar-refractivity contribution in [3.8, 4) is 0 Å². The Kier molecular flexibility index (Phi) is 5.95. The number of ether oxygens (including phenoxy) is 1. The fourth-order valence-corrected chi connectivity index (χ4v) is 2.82. The number of pyridine rings is 1. The van der Waals surface area contributed by atoms with E-state index in [0.29, 0.717) is 32.6 Å². The summed E-state index contributed by atoms with van der Waals surface area (Å²) >= 11 is 0. The molecule has 25 heavy (non-hydrogen) atoms. The van der Waals surface area contributed by atoms with E-state index in [1.165, 1.54) is 12.1 Å². The Morgan fingerprint density at radius 3 is 2.72 bits per heavy atom. The molecular formula is C19H22FN3O2. The van der Waals surface area contributed by atoms with Gasteiger partial charge in [0.1, 0.15) is 11.6 Å². The lowest BCUT2D eigenvalue weighted by atomic mass is 10.1. The largest absolute Gasteiger partial charge is 0.378 e. The number of aromatic nitrogens is 1. The molecule has 0 bridgehead atoms. The molecule has 5 nitrogen and oxygen atoms in total. The van der Waals surface area contributed by atoms with Gasteiger partial charge in [0.15, 0.2) is 0 Å². The van der Waals surface area contributed by atoms with E-state index in [2.05, 4.69) is 15.2 Å². The zero-order chi connectivity index (χ0) is 17.5. The number of halogens is 1. The average molecular weight is 343 g/mol. The van der Waals surface area contributed by atoms with E-state index >= 15 is 0 Å². The minimum atomic E-state index is -0.263. The number of morpholine rings is 1. The summed E-state index contributed by atoms with van der Waals surface area (Å²) in [6.45, 7) is 3.45. The third kappa shape index (κ3) is 5.00. The van der Waals surface area contributed by atoms with Crippen molar-refractivity contribution >= 4 is 11.7 Å². The molecule has 1 saturated heterocycles. The lowest BCUT2D eigenvalue weighted by Crippen LogP contribution is -2.37. The van der Waals surface area contributed by atoms with Gasteiger partial charge >= 0.3 is 0 Å². The number of carbonyl (C=O) groups excluding carboxylic acids is 1. The first-order valence-electron chi connectivity index (χ1n) is 8.50. The minimum Gasteiger partial charge on any atom is -0.378 e. The van der Waals surface area contributed by atoms with Crippen molar-refractivity contribution < 1.29 is 13.9 Å². The summed E-state index contributed by atoms with van der Waals surface area (Å²) in [6.07, 6.45) is 2.74. The maximum Gasteiger partial charge on any atom is 0.220 e. The Morgan fingerprint density at radius 2 is 1.96 bits per heavy atom. The Hall–Kier alpha value is -2.47. The van der Waals surface area contributed by atoms with Crippen LogP contribution in [0.1, 0.15) is 17.5 Å². The van der Waals surface area contributed by atoms with Gasteiger partial charge in [0.2, 0.25) is 5.91 Å². The van der Waals surface area contributed by atoms with Crippen LogP contribution in [0.25, 0.3) is 0 Å². The second-order valence-electron chi connectivity index (χ2n) is 5.99. The van der Waals surface area contributed by atoms with Gasteiger partial charge < -0.3 is 15.0 Å². The number of aryl methyl sites for hydroxylation is 1. The molecule has 0 spiro atoms. The highest BCUT2D eigenvalue weighted by atomic mass is 19.1. The molecule has 1 aliphatic heterocycles. The molecule has 3 rings (SSSR count). The molecular weight excluding hydrogens is 321 g/mol. The van der Waals surface area contributed by atoms with E-state index in [1.54, 1.807) is 18.3 Å². The Bertz CT molecular complexity index is 700. The van der Waals surface area contributed by atoms with E-state index < -0.39 is 0 Å². The van der Waals surface area contributed by atoms with Crippen molar-refractivity contribution in [1.82, 2.24) is 10.3 Å². The number of rotatable bonds is 6. The monoisotopic (exact) mass is 343 g/mol. The van der Waals surface area contributed by atoms with Crippen LogP contribution in [0.3, 0.4) is 0 Å². The summed E-state index contributed by atoms with van der Waals surface area (Å²) in [5.41, 5.74) is 1.95. The van der Waals surface area contributed by atoms with E-state index in [9.17, 15) is 9.18 Å². The zero-order valence-electron chi connectivity index (χ0n) is 14.1. The lowest BCUT2D eigenvalue weighted by molar-refractivity contribution is -0.121. The molecule has 132 valence electrons. The van der Waals surface area contributed by atoms with Crippen LogP contribution in [0.5, 0.6) is 0 Å². The third-order valence-electron chi connectivity index (χ3n) is 4.21. The first-order valence-corrected chi connectivity index (χ1v) is 8.50. The molecule has 2 aromatic rings. The quantitative estimate of drug-likeness (QED) is 0.874. The molecule has 2 heterocycles. The molecule has 0 aliphatic carbocycles. The van der Waals surface area contributed by atoms with E-state index in [1.807, 2.05) is 12.1 Å². The van der Waals surface area contributed by atoms with Gasteiger partial charge in [0.05, 0.1) is 13.2 Å². The van der Waals surface area contributed by atoms with Crippen molar-refractivity contribution in [3.63, 3.8) is 0 Å². The van der Waals surface area contributed by atoms with Crippen LogP contribution in [0, 0.1) is 5.82 Å². The fourth-order valence-electron chi connectivity index (χ4n) is 2.82. The zero-order valence-corrected chi connectivity index (χ0v) is 14.1. The molecule has 0 atom stereocenters. The number of anilines is 1. The van der Waals surface area contributed by atoms with Gasteiger partial charge in [-0.15, -0.1) is 0 Å². The van der Waals surface area contributed by atoms with Crippen molar-refractivity contribution in [3.05, 3.63) is 59.5 Å². The van der Waals surface area contributed by atoms with Gasteiger partial charge in [0.25, 0.3) is 0 Å². The van der Waals surface area contributed by atoms with Crippen LogP contribution < -0.4 is 10.2 Å². The standard InChI is InChI=1S/C19H22FN3O2/c20-17-6-3-15(4-7-17)5-8-18(24)22-14-16-2-1-9-21-19(16)23-10-12-25-13-11-23/h1-4,6-7,9H,5,8,10-14H2,(H,22,24). The number of carbonyl (C=O) groups is 1. The second kappa shape index (κ2) is 8.58. The summed E-state index contributed by atoms with van der Waals surface area (Å²) < 4.78 is 18.3. The molecule has 0 saturated carbocycles. The molecule has 6 heteroatoms. The Balaban J connectivity index is 1.52. The molecule has 0 radical (unpaired) electrons. The topological polar surface area (TPSA) is 54.5 Å². The van der Waals surface area contributed by atoms with Crippen molar-refractivity contribution in [1.29, 1.82) is 0 Å². The lowest BCUT2D eigenvalue weighted by Gasteiger charge is -2.29. The number of benzene rings is 1.